The van der Waals surface area contributed by atoms with Crippen LogP contribution in [-0.4, -0.2) is 11.3 Å². The Morgan fingerprint density at radius 2 is 3.00 bits per heavy atom. The summed E-state index contributed by atoms with van der Waals surface area (Å²) in [5.41, 5.74) is 0. The van der Waals surface area contributed by atoms with Crippen LogP contribution >= 0.6 is 0 Å². The summed E-state index contributed by atoms with van der Waals surface area (Å²) >= 11 is 0. The fraction of sp³-hybridized carbons (Fsp3) is 0.333. The Balaban J connectivity index is 2.87. The molecule has 0 aromatic heterocycles. The average Bonchev–Trinajstić information content (AvgIpc) is 1.86. The molecule has 1 atom stereocenters. The molecule has 3 nitrogen and oxygen atoms in total. The highest BCUT2D eigenvalue weighted by molar-refractivity contribution is 4.89. The maximum absolute atomic E-state index is 8.61. The third-order valence-corrected chi connectivity index (χ3v) is 0.404. The summed E-state index contributed by atoms with van der Waals surface area (Å²) in [6.45, 7) is 0. The zero-order chi connectivity index (χ0) is 6.20. The van der Waals surface area contributed by atoms with E-state index in [2.05, 4.69) is 10.2 Å². The van der Waals surface area contributed by atoms with Gasteiger partial charge in [-0.25, -0.2) is 0 Å². The van der Waals surface area contributed by atoms with Crippen LogP contribution in [0.15, 0.2) is 22.5 Å². The molecule has 0 saturated carbocycles. The molecule has 0 aromatic carbocycles. The molecular weight excluding hydrogens is 80.0 g/mol. The van der Waals surface area contributed by atoms with Crippen LogP contribution in [0.1, 0.15) is 2.74 Å². The minimum Gasteiger partial charge on any atom is -0.367 e. The van der Waals surface area contributed by atoms with Crippen LogP contribution in [0.5, 0.6) is 0 Å². The first-order valence-corrected chi connectivity index (χ1v) is 1.44. The first-order chi connectivity index (χ1) is 3.63. The summed E-state index contributed by atoms with van der Waals surface area (Å²) in [5, 5.41) is 14.8. The summed E-state index contributed by atoms with van der Waals surface area (Å²) in [6.07, 6.45) is -1.08. The molecule has 1 aliphatic rings. The van der Waals surface area contributed by atoms with Crippen LogP contribution in [0.3, 0.4) is 0 Å². The molecular formula is C3H4N2O. The van der Waals surface area contributed by atoms with E-state index in [4.69, 9.17) is 7.85 Å². The molecule has 0 spiro atoms. The van der Waals surface area contributed by atoms with Crippen molar-refractivity contribution in [1.82, 2.24) is 0 Å². The SMILES string of the molecule is [2H]C1=CN=NC1([2H])O. The predicted octanol–water partition coefficient (Wildman–Crippen LogP) is 0.284. The van der Waals surface area contributed by atoms with E-state index in [-0.39, 0.29) is 6.05 Å². The van der Waals surface area contributed by atoms with Gasteiger partial charge in [0, 0.05) is 6.20 Å². The molecule has 3 heteroatoms. The van der Waals surface area contributed by atoms with Crippen molar-refractivity contribution < 1.29 is 7.85 Å². The van der Waals surface area contributed by atoms with Gasteiger partial charge >= 0.3 is 0 Å². The lowest BCUT2D eigenvalue weighted by molar-refractivity contribution is 0.232. The number of hydrogen-bond acceptors (Lipinski definition) is 3. The van der Waals surface area contributed by atoms with Crippen molar-refractivity contribution in [1.29, 1.82) is 0 Å². The van der Waals surface area contributed by atoms with Gasteiger partial charge in [-0.3, -0.25) is 0 Å². The average molecular weight is 86.1 g/mol. The highest BCUT2D eigenvalue weighted by Gasteiger charge is 1.94. The van der Waals surface area contributed by atoms with Crippen LogP contribution in [0, 0.1) is 0 Å². The van der Waals surface area contributed by atoms with Gasteiger partial charge in [0.1, 0.15) is 0 Å². The van der Waals surface area contributed by atoms with E-state index in [0.717, 1.165) is 6.20 Å². The topological polar surface area (TPSA) is 45.0 Å². The monoisotopic (exact) mass is 86.0 g/mol. The molecule has 1 N–H and O–H groups in total. The zero-order valence-electron chi connectivity index (χ0n) is 4.92. The molecule has 1 aliphatic heterocycles. The van der Waals surface area contributed by atoms with E-state index in [1.54, 1.807) is 0 Å². The molecule has 1 rings (SSSR count). The van der Waals surface area contributed by atoms with Gasteiger partial charge in [0.2, 0.25) is 0 Å². The Bertz CT molecular complexity index is 163. The first kappa shape index (κ1) is 1.84. The molecule has 1 heterocycles. The Morgan fingerprint density at radius 3 is 3.17 bits per heavy atom. The minimum absolute atomic E-state index is 0.294. The van der Waals surface area contributed by atoms with Crippen molar-refractivity contribution in [3.05, 3.63) is 12.3 Å². The van der Waals surface area contributed by atoms with Crippen molar-refractivity contribution in [2.24, 2.45) is 10.2 Å². The molecule has 0 radical (unpaired) electrons. The lowest BCUT2D eigenvalue weighted by atomic mass is 10.6. The van der Waals surface area contributed by atoms with Gasteiger partial charge in [0.25, 0.3) is 0 Å². The van der Waals surface area contributed by atoms with E-state index in [1.807, 2.05) is 0 Å². The largest absolute Gasteiger partial charge is 0.367 e. The second-order valence-corrected chi connectivity index (χ2v) is 0.813. The number of hydrogen-bond donors (Lipinski definition) is 1. The molecule has 32 valence electrons. The van der Waals surface area contributed by atoms with Gasteiger partial charge in [-0.2, -0.15) is 10.2 Å². The van der Waals surface area contributed by atoms with Crippen molar-refractivity contribution in [2.45, 2.75) is 6.20 Å². The normalized spacial score (nSPS) is 47.8. The molecule has 6 heavy (non-hydrogen) atoms. The van der Waals surface area contributed by atoms with E-state index in [0.29, 0.717) is 0 Å². The first-order valence-electron chi connectivity index (χ1n) is 2.44. The highest BCUT2D eigenvalue weighted by atomic mass is 16.3. The summed E-state index contributed by atoms with van der Waals surface area (Å²) < 4.78 is 13.5. The smallest absolute Gasteiger partial charge is 0.186 e. The molecule has 0 aromatic rings. The standard InChI is InChI=1S/C3H4N2O/c6-3-1-2-4-5-3/h1-3,6H/i1D,3D. The van der Waals surface area contributed by atoms with Gasteiger partial charge in [-0.05, 0) is 6.05 Å². The summed E-state index contributed by atoms with van der Waals surface area (Å²) in [4.78, 5) is 0. The summed E-state index contributed by atoms with van der Waals surface area (Å²) in [5.74, 6) is 0. The number of nitrogens with zero attached hydrogens (tertiary/aromatic N) is 2. The Hall–Kier alpha value is -0.700. The van der Waals surface area contributed by atoms with Gasteiger partial charge in [0.05, 0.1) is 2.74 Å². The van der Waals surface area contributed by atoms with Gasteiger partial charge < -0.3 is 5.11 Å². The maximum Gasteiger partial charge on any atom is 0.186 e. The lowest BCUT2D eigenvalue weighted by Crippen LogP contribution is -1.89. The summed E-state index contributed by atoms with van der Waals surface area (Å²) in [6, 6.07) is -0.294. The van der Waals surface area contributed by atoms with Crippen LogP contribution in [0.4, 0.5) is 0 Å². The second-order valence-electron chi connectivity index (χ2n) is 0.813. The number of azo groups is 1. The van der Waals surface area contributed by atoms with Crippen molar-refractivity contribution in [2.75, 3.05) is 0 Å². The quantitative estimate of drug-likeness (QED) is 0.452. The molecule has 0 aliphatic carbocycles. The van der Waals surface area contributed by atoms with Crippen LogP contribution < -0.4 is 0 Å². The van der Waals surface area contributed by atoms with E-state index in [9.17, 15) is 0 Å². The Labute approximate surface area is 37.8 Å². The number of aliphatic hydroxyl groups is 1. The third kappa shape index (κ3) is 0.440. The second kappa shape index (κ2) is 1.18. The Morgan fingerprint density at radius 1 is 2.17 bits per heavy atom. The Kier molecular flexibility index (Phi) is 0.362. The molecule has 0 bridgehead atoms. The predicted molar refractivity (Wildman–Crippen MR) is 20.0 cm³/mol. The van der Waals surface area contributed by atoms with Crippen LogP contribution in [-0.2, 0) is 0 Å². The number of rotatable bonds is 0. The van der Waals surface area contributed by atoms with Crippen molar-refractivity contribution in [3.8, 4) is 0 Å². The van der Waals surface area contributed by atoms with E-state index in [1.165, 1.54) is 0 Å². The molecule has 0 fully saturated rings. The molecule has 0 amide bonds. The van der Waals surface area contributed by atoms with Gasteiger partial charge in [-0.15, -0.1) is 0 Å². The van der Waals surface area contributed by atoms with E-state index < -0.39 is 6.20 Å². The summed E-state index contributed by atoms with van der Waals surface area (Å²) in [7, 11) is 0. The third-order valence-electron chi connectivity index (χ3n) is 0.404. The highest BCUT2D eigenvalue weighted by Crippen LogP contribution is 1.96. The van der Waals surface area contributed by atoms with Crippen molar-refractivity contribution in [3.63, 3.8) is 0 Å². The maximum atomic E-state index is 8.61. The zero-order valence-corrected chi connectivity index (χ0v) is 2.92. The fourth-order valence-electron chi connectivity index (χ4n) is 0.199. The van der Waals surface area contributed by atoms with Crippen LogP contribution in [0.2, 0.25) is 0 Å². The van der Waals surface area contributed by atoms with Gasteiger partial charge in [-0.1, -0.05) is 0 Å². The van der Waals surface area contributed by atoms with Crippen molar-refractivity contribution >= 4 is 0 Å². The fourth-order valence-corrected chi connectivity index (χ4v) is 0.199. The molecule has 1 unspecified atom stereocenters. The molecule has 0 saturated heterocycles. The van der Waals surface area contributed by atoms with E-state index >= 15 is 0 Å². The lowest BCUT2D eigenvalue weighted by Gasteiger charge is -1.81. The van der Waals surface area contributed by atoms with Crippen LogP contribution in [0.25, 0.3) is 0 Å². The minimum atomic E-state index is -2.11. The van der Waals surface area contributed by atoms with Gasteiger partial charge in [0.15, 0.2) is 6.20 Å².